The lowest BCUT2D eigenvalue weighted by Crippen LogP contribution is -1.83. The van der Waals surface area contributed by atoms with E-state index in [-0.39, 0.29) is 5.38 Å². The van der Waals surface area contributed by atoms with Gasteiger partial charge in [-0.3, -0.25) is 0 Å². The summed E-state index contributed by atoms with van der Waals surface area (Å²) in [6, 6.07) is 6.26. The van der Waals surface area contributed by atoms with Crippen molar-refractivity contribution in [3.63, 3.8) is 0 Å². The molecule has 0 radical (unpaired) electrons. The molecule has 1 aromatic heterocycles. The number of hydrogen-bond acceptors (Lipinski definition) is 2. The molecule has 0 bridgehead atoms. The number of halogens is 1. The number of benzene rings is 1. The number of aryl methyl sites for hydroxylation is 2. The summed E-state index contributed by atoms with van der Waals surface area (Å²) in [5, 5.41) is -0.195. The van der Waals surface area contributed by atoms with E-state index in [4.69, 9.17) is 16.0 Å². The van der Waals surface area contributed by atoms with Crippen LogP contribution < -0.4 is 0 Å². The van der Waals surface area contributed by atoms with E-state index in [0.29, 0.717) is 5.89 Å². The fourth-order valence-electron chi connectivity index (χ4n) is 1.60. The number of rotatable bonds is 2. The molecule has 2 aromatic rings. The van der Waals surface area contributed by atoms with Gasteiger partial charge in [0, 0.05) is 5.56 Å². The molecule has 1 aromatic carbocycles. The van der Waals surface area contributed by atoms with Crippen LogP contribution in [0.25, 0.3) is 11.3 Å². The molecule has 84 valence electrons. The minimum absolute atomic E-state index is 0.195. The maximum absolute atomic E-state index is 5.92. The first-order valence-corrected chi connectivity index (χ1v) is 5.69. The van der Waals surface area contributed by atoms with Crippen molar-refractivity contribution in [1.29, 1.82) is 0 Å². The summed E-state index contributed by atoms with van der Waals surface area (Å²) in [6.45, 7) is 5.96. The Balaban J connectivity index is 2.46. The maximum atomic E-state index is 5.92. The van der Waals surface area contributed by atoms with Crippen molar-refractivity contribution < 1.29 is 4.42 Å². The molecule has 1 atom stereocenters. The zero-order chi connectivity index (χ0) is 11.7. The molecule has 3 heteroatoms. The lowest BCUT2D eigenvalue weighted by atomic mass is 10.0. The van der Waals surface area contributed by atoms with Crippen molar-refractivity contribution in [1.82, 2.24) is 4.98 Å². The molecule has 2 nitrogen and oxygen atoms in total. The first-order valence-electron chi connectivity index (χ1n) is 5.25. The molecular formula is C13H14ClNO. The Hall–Kier alpha value is -1.28. The van der Waals surface area contributed by atoms with Crippen molar-refractivity contribution in [2.75, 3.05) is 0 Å². The van der Waals surface area contributed by atoms with Crippen LogP contribution in [0.3, 0.4) is 0 Å². The summed E-state index contributed by atoms with van der Waals surface area (Å²) in [6.07, 6.45) is 1.73. The van der Waals surface area contributed by atoms with Crippen LogP contribution in [0.2, 0.25) is 0 Å². The standard InChI is InChI=1S/C13H14ClNO/c1-8-4-5-9(2)11(6-8)12-7-15-13(16-12)10(3)14/h4-7,10H,1-3H3. The SMILES string of the molecule is Cc1ccc(C)c(-c2cnc(C(C)Cl)o2)c1. The van der Waals surface area contributed by atoms with E-state index in [1.807, 2.05) is 6.92 Å². The quantitative estimate of drug-likeness (QED) is 0.727. The summed E-state index contributed by atoms with van der Waals surface area (Å²) in [7, 11) is 0. The van der Waals surface area contributed by atoms with Crippen LogP contribution >= 0.6 is 11.6 Å². The molecule has 16 heavy (non-hydrogen) atoms. The monoisotopic (exact) mass is 235 g/mol. The smallest absolute Gasteiger partial charge is 0.212 e. The highest BCUT2D eigenvalue weighted by Gasteiger charge is 2.12. The van der Waals surface area contributed by atoms with Gasteiger partial charge in [0.15, 0.2) is 5.76 Å². The minimum atomic E-state index is -0.195. The second-order valence-electron chi connectivity index (χ2n) is 4.00. The lowest BCUT2D eigenvalue weighted by molar-refractivity contribution is 0.508. The second-order valence-corrected chi connectivity index (χ2v) is 4.65. The molecule has 0 aliphatic carbocycles. The van der Waals surface area contributed by atoms with Crippen molar-refractivity contribution >= 4 is 11.6 Å². The highest BCUT2D eigenvalue weighted by atomic mass is 35.5. The molecule has 0 saturated carbocycles. The van der Waals surface area contributed by atoms with Crippen LogP contribution in [0.15, 0.2) is 28.8 Å². The van der Waals surface area contributed by atoms with Crippen LogP contribution in [-0.2, 0) is 0 Å². The van der Waals surface area contributed by atoms with E-state index in [1.165, 1.54) is 11.1 Å². The molecule has 1 heterocycles. The Kier molecular flexibility index (Phi) is 3.01. The zero-order valence-corrected chi connectivity index (χ0v) is 10.4. The molecule has 0 aliphatic heterocycles. The molecule has 1 unspecified atom stereocenters. The topological polar surface area (TPSA) is 26.0 Å². The Labute approximate surface area is 100 Å². The predicted molar refractivity (Wildman–Crippen MR) is 65.7 cm³/mol. The molecule has 0 fully saturated rings. The largest absolute Gasteiger partial charge is 0.439 e. The molecule has 0 amide bonds. The van der Waals surface area contributed by atoms with Crippen LogP contribution in [0.1, 0.15) is 29.3 Å². The van der Waals surface area contributed by atoms with Gasteiger partial charge in [0.05, 0.1) is 6.20 Å². The fourth-order valence-corrected chi connectivity index (χ4v) is 1.70. The molecule has 0 spiro atoms. The second kappa shape index (κ2) is 4.30. The van der Waals surface area contributed by atoms with Gasteiger partial charge in [0.25, 0.3) is 0 Å². The molecule has 0 aliphatic rings. The van der Waals surface area contributed by atoms with Crippen LogP contribution in [0.5, 0.6) is 0 Å². The highest BCUT2D eigenvalue weighted by molar-refractivity contribution is 6.20. The van der Waals surface area contributed by atoms with Gasteiger partial charge in [0.2, 0.25) is 5.89 Å². The first kappa shape index (κ1) is 11.2. The lowest BCUT2D eigenvalue weighted by Gasteiger charge is -2.03. The van der Waals surface area contributed by atoms with E-state index >= 15 is 0 Å². The van der Waals surface area contributed by atoms with Gasteiger partial charge in [0.1, 0.15) is 5.38 Å². The molecule has 2 rings (SSSR count). The van der Waals surface area contributed by atoms with E-state index in [2.05, 4.69) is 37.0 Å². The van der Waals surface area contributed by atoms with Gasteiger partial charge in [-0.2, -0.15) is 0 Å². The Morgan fingerprint density at radius 2 is 2.06 bits per heavy atom. The average Bonchev–Trinajstić information content (AvgIpc) is 2.70. The van der Waals surface area contributed by atoms with Crippen molar-refractivity contribution in [2.45, 2.75) is 26.1 Å². The number of alkyl halides is 1. The Morgan fingerprint density at radius 1 is 1.31 bits per heavy atom. The normalized spacial score (nSPS) is 12.8. The molecule has 0 N–H and O–H groups in total. The third-order valence-corrected chi connectivity index (χ3v) is 2.71. The van der Waals surface area contributed by atoms with Crippen LogP contribution in [0.4, 0.5) is 0 Å². The number of nitrogens with zero attached hydrogens (tertiary/aromatic N) is 1. The van der Waals surface area contributed by atoms with E-state index < -0.39 is 0 Å². The third-order valence-electron chi connectivity index (χ3n) is 2.52. The number of aromatic nitrogens is 1. The van der Waals surface area contributed by atoms with E-state index in [0.717, 1.165) is 11.3 Å². The minimum Gasteiger partial charge on any atom is -0.439 e. The Morgan fingerprint density at radius 3 is 2.69 bits per heavy atom. The van der Waals surface area contributed by atoms with Gasteiger partial charge in [-0.05, 0) is 32.4 Å². The number of hydrogen-bond donors (Lipinski definition) is 0. The van der Waals surface area contributed by atoms with Gasteiger partial charge < -0.3 is 4.42 Å². The summed E-state index contributed by atoms with van der Waals surface area (Å²) >= 11 is 5.92. The average molecular weight is 236 g/mol. The van der Waals surface area contributed by atoms with Gasteiger partial charge in [-0.15, -0.1) is 11.6 Å². The Bertz CT molecular complexity index is 502. The predicted octanol–water partition coefficient (Wildman–Crippen LogP) is 4.26. The van der Waals surface area contributed by atoms with Crippen molar-refractivity contribution in [3.8, 4) is 11.3 Å². The van der Waals surface area contributed by atoms with Gasteiger partial charge in [-0.1, -0.05) is 17.7 Å². The van der Waals surface area contributed by atoms with Crippen molar-refractivity contribution in [2.24, 2.45) is 0 Å². The first-order chi connectivity index (χ1) is 7.58. The maximum Gasteiger partial charge on any atom is 0.212 e. The fraction of sp³-hybridized carbons (Fsp3) is 0.308. The third kappa shape index (κ3) is 2.12. The van der Waals surface area contributed by atoms with E-state index in [9.17, 15) is 0 Å². The zero-order valence-electron chi connectivity index (χ0n) is 9.62. The van der Waals surface area contributed by atoms with Gasteiger partial charge >= 0.3 is 0 Å². The van der Waals surface area contributed by atoms with E-state index in [1.54, 1.807) is 6.20 Å². The molecular weight excluding hydrogens is 222 g/mol. The summed E-state index contributed by atoms with van der Waals surface area (Å²) < 4.78 is 5.62. The number of oxazole rings is 1. The van der Waals surface area contributed by atoms with Gasteiger partial charge in [-0.25, -0.2) is 4.98 Å². The highest BCUT2D eigenvalue weighted by Crippen LogP contribution is 2.28. The van der Waals surface area contributed by atoms with Crippen LogP contribution in [-0.4, -0.2) is 4.98 Å². The van der Waals surface area contributed by atoms with Crippen LogP contribution in [0, 0.1) is 13.8 Å². The summed E-state index contributed by atoms with van der Waals surface area (Å²) in [5.74, 6) is 1.35. The summed E-state index contributed by atoms with van der Waals surface area (Å²) in [4.78, 5) is 4.16. The molecule has 0 saturated heterocycles. The summed E-state index contributed by atoms with van der Waals surface area (Å²) in [5.41, 5.74) is 3.46. The van der Waals surface area contributed by atoms with Crippen molar-refractivity contribution in [3.05, 3.63) is 41.4 Å².